The first kappa shape index (κ1) is 13.1. The molecule has 0 radical (unpaired) electrons. The van der Waals surface area contributed by atoms with E-state index < -0.39 is 0 Å². The van der Waals surface area contributed by atoms with Gasteiger partial charge in [-0.2, -0.15) is 0 Å². The quantitative estimate of drug-likeness (QED) is 0.846. The monoisotopic (exact) mass is 262 g/mol. The van der Waals surface area contributed by atoms with Crippen molar-refractivity contribution in [2.75, 3.05) is 26.2 Å². The van der Waals surface area contributed by atoms with Gasteiger partial charge in [0.15, 0.2) is 0 Å². The Hall–Kier alpha value is -0.870. The average Bonchev–Trinajstić information content (AvgIpc) is 3.18. The molecule has 0 spiro atoms. The lowest BCUT2D eigenvalue weighted by molar-refractivity contribution is 0.176. The first-order valence-electron chi connectivity index (χ1n) is 7.75. The van der Waals surface area contributed by atoms with Gasteiger partial charge in [0.2, 0.25) is 0 Å². The predicted octanol–water partition coefficient (Wildman–Crippen LogP) is 1.66. The number of nitrogens with zero attached hydrogens (tertiary/aromatic N) is 3. The summed E-state index contributed by atoms with van der Waals surface area (Å²) >= 11 is 0. The second kappa shape index (κ2) is 6.06. The van der Waals surface area contributed by atoms with Crippen molar-refractivity contribution >= 4 is 0 Å². The molecule has 4 nitrogen and oxygen atoms in total. The molecule has 0 aromatic carbocycles. The van der Waals surface area contributed by atoms with Crippen molar-refractivity contribution in [1.82, 2.24) is 19.8 Å². The highest BCUT2D eigenvalue weighted by atomic mass is 15.2. The van der Waals surface area contributed by atoms with E-state index in [9.17, 15) is 0 Å². The fraction of sp³-hybridized carbons (Fsp3) is 0.800. The van der Waals surface area contributed by atoms with E-state index in [-0.39, 0.29) is 0 Å². The van der Waals surface area contributed by atoms with Crippen molar-refractivity contribution in [1.29, 1.82) is 0 Å². The highest BCUT2D eigenvalue weighted by Gasteiger charge is 2.24. The second-order valence-electron chi connectivity index (χ2n) is 6.14. The fourth-order valence-electron chi connectivity index (χ4n) is 2.92. The van der Waals surface area contributed by atoms with Gasteiger partial charge < -0.3 is 14.8 Å². The maximum absolute atomic E-state index is 4.28. The third-order valence-electron chi connectivity index (χ3n) is 4.56. The van der Waals surface area contributed by atoms with Crippen LogP contribution >= 0.6 is 0 Å². The van der Waals surface area contributed by atoms with Gasteiger partial charge in [0.25, 0.3) is 0 Å². The van der Waals surface area contributed by atoms with E-state index in [4.69, 9.17) is 0 Å². The van der Waals surface area contributed by atoms with Gasteiger partial charge in [-0.3, -0.25) is 0 Å². The number of nitrogens with one attached hydrogen (secondary N) is 1. The minimum atomic E-state index is 0.863. The second-order valence-corrected chi connectivity index (χ2v) is 6.14. The molecular weight excluding hydrogens is 236 g/mol. The Balaban J connectivity index is 1.34. The first-order valence-corrected chi connectivity index (χ1v) is 7.75. The van der Waals surface area contributed by atoms with E-state index in [1.165, 1.54) is 51.9 Å². The molecule has 0 amide bonds. The van der Waals surface area contributed by atoms with Crippen LogP contribution in [0.1, 0.15) is 31.5 Å². The van der Waals surface area contributed by atoms with Gasteiger partial charge in [-0.1, -0.05) is 0 Å². The molecule has 1 aliphatic carbocycles. The molecule has 1 N–H and O–H groups in total. The van der Waals surface area contributed by atoms with Crippen molar-refractivity contribution in [3.63, 3.8) is 0 Å². The molecule has 1 saturated carbocycles. The van der Waals surface area contributed by atoms with Crippen LogP contribution in [0.15, 0.2) is 12.4 Å². The Morgan fingerprint density at radius 2 is 2.00 bits per heavy atom. The minimum Gasteiger partial charge on any atom is -0.334 e. The van der Waals surface area contributed by atoms with E-state index >= 15 is 0 Å². The number of hydrogen-bond donors (Lipinski definition) is 1. The normalized spacial score (nSPS) is 21.9. The molecule has 2 aliphatic rings. The summed E-state index contributed by atoms with van der Waals surface area (Å²) in [5.41, 5.74) is 0. The number of aryl methyl sites for hydroxylation is 1. The van der Waals surface area contributed by atoms with Crippen molar-refractivity contribution in [3.8, 4) is 0 Å². The summed E-state index contributed by atoms with van der Waals surface area (Å²) in [6, 6.07) is 0.863. The Kier molecular flexibility index (Phi) is 4.18. The van der Waals surface area contributed by atoms with E-state index in [1.54, 1.807) is 0 Å². The van der Waals surface area contributed by atoms with E-state index in [1.807, 2.05) is 6.20 Å². The molecule has 2 heterocycles. The molecule has 106 valence electrons. The zero-order valence-corrected chi connectivity index (χ0v) is 12.0. The van der Waals surface area contributed by atoms with Crippen LogP contribution in [0.25, 0.3) is 0 Å². The van der Waals surface area contributed by atoms with Crippen LogP contribution in [0.2, 0.25) is 0 Å². The summed E-state index contributed by atoms with van der Waals surface area (Å²) in [6.45, 7) is 8.11. The van der Waals surface area contributed by atoms with Gasteiger partial charge in [0.1, 0.15) is 5.82 Å². The third-order valence-corrected chi connectivity index (χ3v) is 4.56. The summed E-state index contributed by atoms with van der Waals surface area (Å²) in [5.74, 6) is 2.04. The van der Waals surface area contributed by atoms with Crippen molar-refractivity contribution in [2.45, 2.75) is 45.2 Å². The topological polar surface area (TPSA) is 33.1 Å². The Morgan fingerprint density at radius 1 is 1.21 bits per heavy atom. The SMILES string of the molecule is Cc1nccn1CCN1CCC(CNC2CC2)CC1. The van der Waals surface area contributed by atoms with E-state index in [0.717, 1.165) is 24.3 Å². The Morgan fingerprint density at radius 3 is 2.63 bits per heavy atom. The lowest BCUT2D eigenvalue weighted by Crippen LogP contribution is -2.39. The highest BCUT2D eigenvalue weighted by Crippen LogP contribution is 2.21. The molecule has 0 bridgehead atoms. The third kappa shape index (κ3) is 3.80. The predicted molar refractivity (Wildman–Crippen MR) is 77.2 cm³/mol. The number of aromatic nitrogens is 2. The first-order chi connectivity index (χ1) is 9.31. The molecule has 1 aliphatic heterocycles. The molecule has 19 heavy (non-hydrogen) atoms. The van der Waals surface area contributed by atoms with Crippen LogP contribution in [0, 0.1) is 12.8 Å². The molecule has 0 atom stereocenters. The van der Waals surface area contributed by atoms with Crippen LogP contribution in [0.4, 0.5) is 0 Å². The van der Waals surface area contributed by atoms with Crippen molar-refractivity contribution in [3.05, 3.63) is 18.2 Å². The van der Waals surface area contributed by atoms with E-state index in [0.29, 0.717) is 0 Å². The van der Waals surface area contributed by atoms with Crippen LogP contribution in [-0.4, -0.2) is 46.7 Å². The summed E-state index contributed by atoms with van der Waals surface area (Å²) in [4.78, 5) is 6.88. The summed E-state index contributed by atoms with van der Waals surface area (Å²) in [5, 5.41) is 3.67. The lowest BCUT2D eigenvalue weighted by atomic mass is 9.97. The molecule has 3 rings (SSSR count). The smallest absolute Gasteiger partial charge is 0.105 e. The zero-order valence-electron chi connectivity index (χ0n) is 12.0. The Labute approximate surface area is 116 Å². The van der Waals surface area contributed by atoms with Crippen LogP contribution in [0.5, 0.6) is 0 Å². The highest BCUT2D eigenvalue weighted by molar-refractivity contribution is 4.89. The van der Waals surface area contributed by atoms with Gasteiger partial charge >= 0.3 is 0 Å². The largest absolute Gasteiger partial charge is 0.334 e. The van der Waals surface area contributed by atoms with Crippen molar-refractivity contribution in [2.24, 2.45) is 5.92 Å². The Bertz CT molecular complexity index is 389. The fourth-order valence-corrected chi connectivity index (χ4v) is 2.92. The van der Waals surface area contributed by atoms with Gasteiger partial charge in [-0.15, -0.1) is 0 Å². The molecule has 1 aromatic heterocycles. The molecule has 0 unspecified atom stereocenters. The number of rotatable bonds is 6. The molecule has 1 saturated heterocycles. The summed E-state index contributed by atoms with van der Waals surface area (Å²) in [6.07, 6.45) is 9.52. The van der Waals surface area contributed by atoms with Crippen LogP contribution in [0.3, 0.4) is 0 Å². The zero-order chi connectivity index (χ0) is 13.1. The average molecular weight is 262 g/mol. The number of imidazole rings is 1. The van der Waals surface area contributed by atoms with E-state index in [2.05, 4.69) is 32.9 Å². The number of piperidine rings is 1. The molecule has 4 heteroatoms. The number of hydrogen-bond acceptors (Lipinski definition) is 3. The minimum absolute atomic E-state index is 0.863. The number of likely N-dealkylation sites (tertiary alicyclic amines) is 1. The standard InChI is InChI=1S/C15H26N4/c1-13-16-6-9-19(13)11-10-18-7-4-14(5-8-18)12-17-15-2-3-15/h6,9,14-15,17H,2-5,7-8,10-12H2,1H3. The van der Waals surface area contributed by atoms with Gasteiger partial charge in [-0.25, -0.2) is 4.98 Å². The summed E-state index contributed by atoms with van der Waals surface area (Å²) in [7, 11) is 0. The lowest BCUT2D eigenvalue weighted by Gasteiger charge is -2.32. The summed E-state index contributed by atoms with van der Waals surface area (Å²) < 4.78 is 2.25. The maximum atomic E-state index is 4.28. The van der Waals surface area contributed by atoms with Gasteiger partial charge in [0.05, 0.1) is 0 Å². The molecule has 2 fully saturated rings. The van der Waals surface area contributed by atoms with Crippen LogP contribution < -0.4 is 5.32 Å². The van der Waals surface area contributed by atoms with Gasteiger partial charge in [0, 0.05) is 31.5 Å². The maximum Gasteiger partial charge on any atom is 0.105 e. The van der Waals surface area contributed by atoms with Crippen molar-refractivity contribution < 1.29 is 0 Å². The van der Waals surface area contributed by atoms with Crippen LogP contribution in [-0.2, 0) is 6.54 Å². The van der Waals surface area contributed by atoms with Gasteiger partial charge in [-0.05, 0) is 58.2 Å². The molecule has 1 aromatic rings. The molecular formula is C15H26N4.